The Kier molecular flexibility index (Phi) is 5.27. The van der Waals surface area contributed by atoms with Crippen molar-refractivity contribution >= 4 is 32.3 Å². The average molecular weight is 307 g/mol. The fourth-order valence-electron chi connectivity index (χ4n) is 2.41. The van der Waals surface area contributed by atoms with E-state index in [0.717, 1.165) is 18.6 Å². The second-order valence-corrected chi connectivity index (χ2v) is 6.69. The number of carbonyl (C=O) groups is 2. The molecule has 4 atom stereocenters. The van der Waals surface area contributed by atoms with Crippen LogP contribution in [-0.2, 0) is 9.32 Å². The Morgan fingerprint density at radius 1 is 1.53 bits per heavy atom. The zero-order chi connectivity index (χ0) is 13.8. The van der Waals surface area contributed by atoms with E-state index in [0.29, 0.717) is 11.7 Å². The highest BCUT2D eigenvalue weighted by Gasteiger charge is 2.42. The molecule has 2 saturated heterocycles. The zero-order valence-corrected chi connectivity index (χ0v) is 12.1. The summed E-state index contributed by atoms with van der Waals surface area (Å²) in [6.45, 7) is 0. The quantitative estimate of drug-likeness (QED) is 0.321. The van der Waals surface area contributed by atoms with Crippen LogP contribution in [0.15, 0.2) is 0 Å². The van der Waals surface area contributed by atoms with Gasteiger partial charge < -0.3 is 20.1 Å². The maximum Gasteiger partial charge on any atom is 0.315 e. The molecular formula is C10H18N3O4PS. The normalized spacial score (nSPS) is 30.4. The molecule has 2 fully saturated rings. The zero-order valence-electron chi connectivity index (χ0n) is 10.4. The van der Waals surface area contributed by atoms with Gasteiger partial charge in [-0.1, -0.05) is 6.42 Å². The molecule has 0 radical (unpaired) electrons. The van der Waals surface area contributed by atoms with Crippen molar-refractivity contribution in [1.29, 1.82) is 0 Å². The standard InChI is InChI=1S/C10H18N3O4PS/c11-18(16)17-8(14)4-2-1-3-7-9-6(5-19-7)12-10(15)13-9/h6-7,9,16H,1-5,11H2,(H2,12,13,15)/t6-,7-,9-,18?/m0/s1. The number of hydrogen-bond donors (Lipinski definition) is 4. The van der Waals surface area contributed by atoms with Gasteiger partial charge in [0, 0.05) is 17.4 Å². The number of hydrogen-bond acceptors (Lipinski definition) is 6. The van der Waals surface area contributed by atoms with Gasteiger partial charge in [-0.3, -0.25) is 10.3 Å². The highest BCUT2D eigenvalue weighted by Crippen LogP contribution is 2.33. The monoisotopic (exact) mass is 307 g/mol. The first-order chi connectivity index (χ1) is 9.06. The topological polar surface area (TPSA) is 114 Å². The van der Waals surface area contributed by atoms with Gasteiger partial charge in [0.1, 0.15) is 0 Å². The van der Waals surface area contributed by atoms with E-state index in [2.05, 4.69) is 15.2 Å². The second kappa shape index (κ2) is 6.74. The first-order valence-corrected chi connectivity index (χ1v) is 8.52. The predicted molar refractivity (Wildman–Crippen MR) is 73.4 cm³/mol. The number of unbranched alkanes of at least 4 members (excludes halogenated alkanes) is 1. The molecule has 2 rings (SSSR count). The molecule has 0 aromatic carbocycles. The van der Waals surface area contributed by atoms with Crippen molar-refractivity contribution in [2.75, 3.05) is 5.75 Å². The van der Waals surface area contributed by atoms with Crippen molar-refractivity contribution in [2.24, 2.45) is 5.50 Å². The minimum absolute atomic E-state index is 0.0804. The number of rotatable bonds is 6. The van der Waals surface area contributed by atoms with Crippen LogP contribution in [0.4, 0.5) is 4.79 Å². The van der Waals surface area contributed by atoms with Crippen molar-refractivity contribution in [3.8, 4) is 0 Å². The summed E-state index contributed by atoms with van der Waals surface area (Å²) < 4.78 is 4.49. The van der Waals surface area contributed by atoms with Crippen LogP contribution in [0.25, 0.3) is 0 Å². The Hall–Kier alpha value is -0.560. The van der Waals surface area contributed by atoms with Crippen LogP contribution in [0.5, 0.6) is 0 Å². The SMILES string of the molecule is NP(O)OC(=O)CCCC[C@@H]1SC[C@@H]2NC(=O)N[C@@H]21. The maximum atomic E-state index is 11.2. The van der Waals surface area contributed by atoms with Crippen LogP contribution in [0, 0.1) is 0 Å². The van der Waals surface area contributed by atoms with Crippen LogP contribution >= 0.6 is 20.3 Å². The number of thioether (sulfide) groups is 1. The number of nitrogens with two attached hydrogens (primary N) is 1. The molecule has 0 bridgehead atoms. The molecule has 7 nitrogen and oxygen atoms in total. The van der Waals surface area contributed by atoms with Gasteiger partial charge in [-0.25, -0.2) is 4.79 Å². The van der Waals surface area contributed by atoms with E-state index in [1.165, 1.54) is 0 Å². The van der Waals surface area contributed by atoms with Gasteiger partial charge in [0.15, 0.2) is 0 Å². The van der Waals surface area contributed by atoms with Gasteiger partial charge in [0.2, 0.25) is 0 Å². The second-order valence-electron chi connectivity index (χ2n) is 4.63. The first-order valence-electron chi connectivity index (χ1n) is 6.19. The third-order valence-corrected chi connectivity index (χ3v) is 5.15. The van der Waals surface area contributed by atoms with E-state index in [9.17, 15) is 9.59 Å². The molecule has 9 heteroatoms. The third kappa shape index (κ3) is 4.21. The lowest BCUT2D eigenvalue weighted by molar-refractivity contribution is -0.134. The molecule has 0 saturated carbocycles. The van der Waals surface area contributed by atoms with Crippen LogP contribution < -0.4 is 16.1 Å². The molecule has 108 valence electrons. The molecule has 0 spiro atoms. The molecule has 5 N–H and O–H groups in total. The van der Waals surface area contributed by atoms with Gasteiger partial charge in [0.25, 0.3) is 0 Å². The molecule has 2 aliphatic rings. The van der Waals surface area contributed by atoms with Gasteiger partial charge in [-0.2, -0.15) is 11.8 Å². The summed E-state index contributed by atoms with van der Waals surface area (Å²) in [6, 6.07) is 0.365. The molecule has 2 heterocycles. The summed E-state index contributed by atoms with van der Waals surface area (Å²) in [5.41, 5.74) is 5.00. The van der Waals surface area contributed by atoms with E-state index < -0.39 is 14.5 Å². The number of nitrogens with one attached hydrogen (secondary N) is 2. The van der Waals surface area contributed by atoms with Crippen molar-refractivity contribution in [2.45, 2.75) is 43.0 Å². The summed E-state index contributed by atoms with van der Waals surface area (Å²) in [5.74, 6) is 0.488. The van der Waals surface area contributed by atoms with E-state index >= 15 is 0 Å². The van der Waals surface area contributed by atoms with Crippen molar-refractivity contribution in [3.63, 3.8) is 0 Å². The Balaban J connectivity index is 1.61. The molecule has 19 heavy (non-hydrogen) atoms. The fraction of sp³-hybridized carbons (Fsp3) is 0.800. The molecule has 1 unspecified atom stereocenters. The lowest BCUT2D eigenvalue weighted by Gasteiger charge is -2.16. The molecule has 2 aliphatic heterocycles. The summed E-state index contributed by atoms with van der Waals surface area (Å²) in [6.07, 6.45) is 2.82. The van der Waals surface area contributed by atoms with Gasteiger partial charge in [-0.05, 0) is 12.8 Å². The molecular weight excluding hydrogens is 289 g/mol. The Bertz CT molecular complexity index is 358. The number of fused-ring (bicyclic) bond motifs is 1. The van der Waals surface area contributed by atoms with Crippen LogP contribution in [0.1, 0.15) is 25.7 Å². The minimum atomic E-state index is -2.09. The van der Waals surface area contributed by atoms with Crippen LogP contribution in [0.3, 0.4) is 0 Å². The third-order valence-electron chi connectivity index (χ3n) is 3.25. The van der Waals surface area contributed by atoms with Crippen LogP contribution in [0.2, 0.25) is 0 Å². The van der Waals surface area contributed by atoms with Crippen molar-refractivity contribution in [3.05, 3.63) is 0 Å². The minimum Gasteiger partial charge on any atom is -0.404 e. The van der Waals surface area contributed by atoms with Crippen molar-refractivity contribution in [1.82, 2.24) is 10.6 Å². The summed E-state index contributed by atoms with van der Waals surface area (Å²) in [7, 11) is -2.09. The predicted octanol–water partition coefficient (Wildman–Crippen LogP) is 0.433. The largest absolute Gasteiger partial charge is 0.404 e. The lowest BCUT2D eigenvalue weighted by Crippen LogP contribution is -2.36. The Morgan fingerprint density at radius 3 is 3.05 bits per heavy atom. The van der Waals surface area contributed by atoms with Crippen molar-refractivity contribution < 1.29 is 19.0 Å². The highest BCUT2D eigenvalue weighted by atomic mass is 32.2. The molecule has 0 aromatic heterocycles. The molecule has 0 aromatic rings. The Labute approximate surface area is 117 Å². The number of amides is 2. The summed E-state index contributed by atoms with van der Waals surface area (Å²) in [5, 5.41) is 6.23. The van der Waals surface area contributed by atoms with E-state index in [-0.39, 0.29) is 24.5 Å². The maximum absolute atomic E-state index is 11.2. The van der Waals surface area contributed by atoms with E-state index in [4.69, 9.17) is 10.4 Å². The summed E-state index contributed by atoms with van der Waals surface area (Å²) >= 11 is 1.86. The fourth-order valence-corrected chi connectivity index (χ4v) is 4.25. The lowest BCUT2D eigenvalue weighted by atomic mass is 10.0. The first kappa shape index (κ1) is 14.8. The highest BCUT2D eigenvalue weighted by molar-refractivity contribution is 8.00. The van der Waals surface area contributed by atoms with E-state index in [1.54, 1.807) is 0 Å². The Morgan fingerprint density at radius 2 is 2.32 bits per heavy atom. The van der Waals surface area contributed by atoms with Crippen LogP contribution in [-0.4, -0.2) is 40.0 Å². The van der Waals surface area contributed by atoms with Gasteiger partial charge in [0.05, 0.1) is 12.1 Å². The molecule has 0 aliphatic carbocycles. The average Bonchev–Trinajstić information content (AvgIpc) is 2.83. The summed E-state index contributed by atoms with van der Waals surface area (Å²) in [4.78, 5) is 31.1. The van der Waals surface area contributed by atoms with E-state index in [1.807, 2.05) is 11.8 Å². The smallest absolute Gasteiger partial charge is 0.315 e. The van der Waals surface area contributed by atoms with Gasteiger partial charge in [-0.15, -0.1) is 0 Å². The number of carbonyl (C=O) groups excluding carboxylic acids is 2. The number of urea groups is 1. The molecule has 2 amide bonds. The van der Waals surface area contributed by atoms with Gasteiger partial charge >= 0.3 is 20.5 Å².